The van der Waals surface area contributed by atoms with Crippen molar-refractivity contribution in [1.82, 2.24) is 0 Å². The number of rotatable bonds is 9. The summed E-state index contributed by atoms with van der Waals surface area (Å²) in [6.07, 6.45) is 2.24. The molecule has 0 aliphatic carbocycles. The molecule has 0 aromatic carbocycles. The van der Waals surface area contributed by atoms with Crippen LogP contribution in [0.1, 0.15) is 13.3 Å². The molecule has 0 atom stereocenters. The van der Waals surface area contributed by atoms with Gasteiger partial charge in [-0.1, -0.05) is 19.6 Å². The van der Waals surface area contributed by atoms with E-state index in [-0.39, 0.29) is 6.79 Å². The van der Waals surface area contributed by atoms with Crippen molar-refractivity contribution in [2.24, 2.45) is 0 Å². The lowest BCUT2D eigenvalue weighted by molar-refractivity contribution is -0.152. The van der Waals surface area contributed by atoms with Gasteiger partial charge in [0.05, 0.1) is 19.8 Å². The highest BCUT2D eigenvalue weighted by Gasteiger charge is 2.04. The second kappa shape index (κ2) is 9.43. The second-order valence-corrected chi connectivity index (χ2v) is 2.78. The molecular formula is C11H18O4. The maximum Gasteiger partial charge on any atom is 0.335 e. The standard InChI is InChI=1S/C11H18O4/c1-4-6-13-7-8-14-9-15-11(12)10(3)5-2/h4H,1,3,5-9H2,2H3. The van der Waals surface area contributed by atoms with E-state index in [4.69, 9.17) is 14.2 Å². The Bertz CT molecular complexity index is 211. The van der Waals surface area contributed by atoms with Gasteiger partial charge < -0.3 is 14.2 Å². The minimum absolute atomic E-state index is 0.0602. The van der Waals surface area contributed by atoms with Gasteiger partial charge in [0.2, 0.25) is 0 Å². The van der Waals surface area contributed by atoms with Gasteiger partial charge in [0.1, 0.15) is 0 Å². The van der Waals surface area contributed by atoms with E-state index in [1.807, 2.05) is 6.92 Å². The summed E-state index contributed by atoms with van der Waals surface area (Å²) >= 11 is 0. The van der Waals surface area contributed by atoms with Crippen molar-refractivity contribution in [3.05, 3.63) is 24.8 Å². The molecule has 0 aromatic rings. The third-order valence-corrected chi connectivity index (χ3v) is 1.60. The normalized spacial score (nSPS) is 9.67. The Morgan fingerprint density at radius 1 is 1.33 bits per heavy atom. The maximum absolute atomic E-state index is 11.1. The monoisotopic (exact) mass is 214 g/mol. The zero-order chi connectivity index (χ0) is 11.5. The van der Waals surface area contributed by atoms with Crippen molar-refractivity contribution < 1.29 is 19.0 Å². The number of carbonyl (C=O) groups excluding carboxylic acids is 1. The summed E-state index contributed by atoms with van der Waals surface area (Å²) in [5, 5.41) is 0. The lowest BCUT2D eigenvalue weighted by Gasteiger charge is -2.06. The fourth-order valence-corrected chi connectivity index (χ4v) is 0.685. The third kappa shape index (κ3) is 7.90. The van der Waals surface area contributed by atoms with Crippen LogP contribution in [0.25, 0.3) is 0 Å². The molecule has 15 heavy (non-hydrogen) atoms. The average Bonchev–Trinajstić information content (AvgIpc) is 2.26. The molecule has 0 aromatic heterocycles. The third-order valence-electron chi connectivity index (χ3n) is 1.60. The molecule has 86 valence electrons. The van der Waals surface area contributed by atoms with Gasteiger partial charge >= 0.3 is 5.97 Å². The van der Waals surface area contributed by atoms with Crippen molar-refractivity contribution in [1.29, 1.82) is 0 Å². The summed E-state index contributed by atoms with van der Waals surface area (Å²) in [5.41, 5.74) is 0.446. The van der Waals surface area contributed by atoms with E-state index in [0.29, 0.717) is 31.8 Å². The summed E-state index contributed by atoms with van der Waals surface area (Å²) < 4.78 is 14.8. The van der Waals surface area contributed by atoms with Crippen LogP contribution in [0.2, 0.25) is 0 Å². The molecule has 0 spiro atoms. The summed E-state index contributed by atoms with van der Waals surface area (Å²) in [7, 11) is 0. The van der Waals surface area contributed by atoms with Crippen LogP contribution in [0.15, 0.2) is 24.8 Å². The Morgan fingerprint density at radius 3 is 2.60 bits per heavy atom. The van der Waals surface area contributed by atoms with Gasteiger partial charge in [0, 0.05) is 5.57 Å². The van der Waals surface area contributed by atoms with Crippen molar-refractivity contribution in [3.63, 3.8) is 0 Å². The van der Waals surface area contributed by atoms with Gasteiger partial charge in [-0.3, -0.25) is 0 Å². The van der Waals surface area contributed by atoms with Crippen LogP contribution in [-0.4, -0.2) is 32.6 Å². The highest BCUT2D eigenvalue weighted by atomic mass is 16.7. The van der Waals surface area contributed by atoms with Crippen molar-refractivity contribution in [2.45, 2.75) is 13.3 Å². The van der Waals surface area contributed by atoms with Crippen molar-refractivity contribution in [3.8, 4) is 0 Å². The quantitative estimate of drug-likeness (QED) is 0.192. The minimum atomic E-state index is -0.412. The first kappa shape index (κ1) is 13.9. The number of carbonyl (C=O) groups is 1. The van der Waals surface area contributed by atoms with Crippen LogP contribution < -0.4 is 0 Å². The highest BCUT2D eigenvalue weighted by Crippen LogP contribution is 1.99. The summed E-state index contributed by atoms with van der Waals surface area (Å²) in [5.74, 6) is -0.412. The van der Waals surface area contributed by atoms with Gasteiger partial charge in [-0.15, -0.1) is 6.58 Å². The molecule has 0 aliphatic rings. The van der Waals surface area contributed by atoms with E-state index in [1.54, 1.807) is 6.08 Å². The zero-order valence-corrected chi connectivity index (χ0v) is 9.16. The van der Waals surface area contributed by atoms with Crippen molar-refractivity contribution in [2.75, 3.05) is 26.6 Å². The van der Waals surface area contributed by atoms with Gasteiger partial charge in [-0.2, -0.15) is 0 Å². The fourth-order valence-electron chi connectivity index (χ4n) is 0.685. The molecule has 4 heteroatoms. The average molecular weight is 214 g/mol. The van der Waals surface area contributed by atoms with Gasteiger partial charge in [-0.25, -0.2) is 4.79 Å². The topological polar surface area (TPSA) is 44.8 Å². The van der Waals surface area contributed by atoms with E-state index in [2.05, 4.69) is 13.2 Å². The van der Waals surface area contributed by atoms with Crippen LogP contribution in [0.5, 0.6) is 0 Å². The minimum Gasteiger partial charge on any atom is -0.435 e. The molecule has 0 N–H and O–H groups in total. The first-order valence-corrected chi connectivity index (χ1v) is 4.83. The Balaban J connectivity index is 3.27. The molecule has 4 nitrogen and oxygen atoms in total. The van der Waals surface area contributed by atoms with E-state index < -0.39 is 5.97 Å². The first-order valence-electron chi connectivity index (χ1n) is 4.83. The van der Waals surface area contributed by atoms with Gasteiger partial charge in [0.25, 0.3) is 0 Å². The van der Waals surface area contributed by atoms with E-state index >= 15 is 0 Å². The molecule has 0 unspecified atom stereocenters. The maximum atomic E-state index is 11.1. The van der Waals surface area contributed by atoms with Crippen LogP contribution in [0.4, 0.5) is 0 Å². The summed E-state index contributed by atoms with van der Waals surface area (Å²) in [6.45, 7) is 10.2. The lowest BCUT2D eigenvalue weighted by Crippen LogP contribution is -2.12. The molecule has 0 saturated carbocycles. The Hall–Kier alpha value is -1.13. The van der Waals surface area contributed by atoms with Gasteiger partial charge in [-0.05, 0) is 6.42 Å². The zero-order valence-electron chi connectivity index (χ0n) is 9.16. The van der Waals surface area contributed by atoms with Crippen LogP contribution in [0, 0.1) is 0 Å². The fraction of sp³-hybridized carbons (Fsp3) is 0.545. The molecule has 0 heterocycles. The number of hydrogen-bond donors (Lipinski definition) is 0. The van der Waals surface area contributed by atoms with Gasteiger partial charge in [0.15, 0.2) is 6.79 Å². The molecule has 0 rings (SSSR count). The smallest absolute Gasteiger partial charge is 0.335 e. The first-order chi connectivity index (χ1) is 7.22. The predicted octanol–water partition coefficient (Wildman–Crippen LogP) is 1.67. The molecule has 0 aliphatic heterocycles. The van der Waals surface area contributed by atoms with Crippen molar-refractivity contribution >= 4 is 5.97 Å². The second-order valence-electron chi connectivity index (χ2n) is 2.78. The van der Waals surface area contributed by atoms with Crippen LogP contribution >= 0.6 is 0 Å². The highest BCUT2D eigenvalue weighted by molar-refractivity contribution is 5.87. The number of esters is 1. The molecule has 0 amide bonds. The van der Waals surface area contributed by atoms with E-state index in [9.17, 15) is 4.79 Å². The molecule has 0 fully saturated rings. The SMILES string of the molecule is C=CCOCCOCOC(=O)C(=C)CC. The molecule has 0 saturated heterocycles. The predicted molar refractivity (Wildman–Crippen MR) is 57.4 cm³/mol. The van der Waals surface area contributed by atoms with Crippen LogP contribution in [0.3, 0.4) is 0 Å². The Kier molecular flexibility index (Phi) is 8.72. The summed E-state index contributed by atoms with van der Waals surface area (Å²) in [4.78, 5) is 11.1. The number of hydrogen-bond acceptors (Lipinski definition) is 4. The van der Waals surface area contributed by atoms with E-state index in [1.165, 1.54) is 0 Å². The Morgan fingerprint density at radius 2 is 2.00 bits per heavy atom. The summed E-state index contributed by atoms with van der Waals surface area (Å²) in [6, 6.07) is 0. The van der Waals surface area contributed by atoms with E-state index in [0.717, 1.165) is 0 Å². The molecule has 0 bridgehead atoms. The van der Waals surface area contributed by atoms with Crippen LogP contribution in [-0.2, 0) is 19.0 Å². The largest absolute Gasteiger partial charge is 0.435 e. The number of ether oxygens (including phenoxy) is 3. The molecule has 0 radical (unpaired) electrons. The lowest BCUT2D eigenvalue weighted by atomic mass is 10.2. The Labute approximate surface area is 90.5 Å². The molecular weight excluding hydrogens is 196 g/mol.